The number of hydrogen-bond donors (Lipinski definition) is 1. The van der Waals surface area contributed by atoms with Gasteiger partial charge in [0.2, 0.25) is 0 Å². The van der Waals surface area contributed by atoms with Crippen LogP contribution >= 0.6 is 11.6 Å². The summed E-state index contributed by atoms with van der Waals surface area (Å²) in [7, 11) is -4.07. The van der Waals surface area contributed by atoms with Crippen molar-refractivity contribution in [3.63, 3.8) is 0 Å². The van der Waals surface area contributed by atoms with Crippen LogP contribution in [0.3, 0.4) is 0 Å². The van der Waals surface area contributed by atoms with Gasteiger partial charge in [0.05, 0.1) is 5.02 Å². The van der Waals surface area contributed by atoms with Gasteiger partial charge in [-0.25, -0.2) is 4.79 Å². The normalized spacial score (nSPS) is 12.0. The lowest BCUT2D eigenvalue weighted by Crippen LogP contribution is -2.49. The summed E-state index contributed by atoms with van der Waals surface area (Å²) in [6.45, 7) is 12.6. The number of halogens is 1. The summed E-state index contributed by atoms with van der Waals surface area (Å²) in [5.41, 5.74) is 1.04. The Morgan fingerprint density at radius 2 is 1.74 bits per heavy atom. The van der Waals surface area contributed by atoms with Crippen LogP contribution < -0.4 is 9.50 Å². The number of hydrogen-bond acceptors (Lipinski definition) is 4. The molecule has 0 bridgehead atoms. The first-order chi connectivity index (χ1) is 14.3. The molecule has 0 fully saturated rings. The van der Waals surface area contributed by atoms with Gasteiger partial charge in [0.15, 0.2) is 0 Å². The fourth-order valence-corrected chi connectivity index (χ4v) is 4.75. The van der Waals surface area contributed by atoms with Gasteiger partial charge >= 0.3 is 16.1 Å². The Balaban J connectivity index is 2.17. The van der Waals surface area contributed by atoms with Crippen molar-refractivity contribution in [2.24, 2.45) is 5.92 Å². The zero-order valence-electron chi connectivity index (χ0n) is 18.9. The van der Waals surface area contributed by atoms with Gasteiger partial charge < -0.3 is 14.4 Å². The van der Waals surface area contributed by atoms with Crippen LogP contribution in [-0.2, 0) is 16.7 Å². The van der Waals surface area contributed by atoms with Crippen molar-refractivity contribution in [2.45, 2.75) is 58.5 Å². The summed E-state index contributed by atoms with van der Waals surface area (Å²) in [5, 5.41) is 3.10. The van der Waals surface area contributed by atoms with E-state index in [1.54, 1.807) is 48.2 Å². The minimum Gasteiger partial charge on any atom is -0.379 e. The molecular formula is C23H31ClN2O4S. The Hall–Kier alpha value is -2.25. The van der Waals surface area contributed by atoms with E-state index in [-0.39, 0.29) is 27.2 Å². The van der Waals surface area contributed by atoms with E-state index in [0.29, 0.717) is 24.6 Å². The minimum absolute atomic E-state index is 0.0392. The molecule has 0 saturated heterocycles. The Morgan fingerprint density at radius 3 is 2.26 bits per heavy atom. The first-order valence-corrected chi connectivity index (χ1v) is 11.9. The lowest BCUT2D eigenvalue weighted by atomic mass is 10.1. The van der Waals surface area contributed by atoms with Crippen LogP contribution in [0.15, 0.2) is 47.4 Å². The molecule has 2 amide bonds. The van der Waals surface area contributed by atoms with Crippen molar-refractivity contribution in [3.8, 4) is 5.75 Å². The van der Waals surface area contributed by atoms with Crippen LogP contribution in [0.4, 0.5) is 4.79 Å². The van der Waals surface area contributed by atoms with E-state index in [2.05, 4.69) is 19.2 Å². The third kappa shape index (κ3) is 7.43. The molecule has 170 valence electrons. The Morgan fingerprint density at radius 1 is 1.13 bits per heavy atom. The van der Waals surface area contributed by atoms with Crippen LogP contribution in [-0.4, -0.2) is 31.4 Å². The minimum atomic E-state index is -4.07. The molecule has 1 N–H and O–H groups in total. The molecule has 0 saturated carbocycles. The van der Waals surface area contributed by atoms with Gasteiger partial charge in [-0.1, -0.05) is 49.7 Å². The van der Waals surface area contributed by atoms with Crippen LogP contribution in [0, 0.1) is 12.8 Å². The Kier molecular flexibility index (Phi) is 8.00. The number of amides is 2. The summed E-state index contributed by atoms with van der Waals surface area (Å²) in [5.74, 6) is 0.481. The molecule has 2 aromatic carbocycles. The Labute approximate surface area is 190 Å². The average Bonchev–Trinajstić information content (AvgIpc) is 2.60. The average molecular weight is 467 g/mol. The van der Waals surface area contributed by atoms with E-state index in [1.807, 2.05) is 20.8 Å². The van der Waals surface area contributed by atoms with Crippen molar-refractivity contribution >= 4 is 27.8 Å². The molecule has 2 aromatic rings. The van der Waals surface area contributed by atoms with Crippen molar-refractivity contribution in [3.05, 3.63) is 58.6 Å². The maximum Gasteiger partial charge on any atom is 0.340 e. The number of aryl methyl sites for hydroxylation is 1. The first-order valence-electron chi connectivity index (χ1n) is 10.1. The summed E-state index contributed by atoms with van der Waals surface area (Å²) in [6, 6.07) is 11.4. The number of rotatable bonds is 7. The van der Waals surface area contributed by atoms with E-state index in [1.165, 1.54) is 6.07 Å². The molecule has 0 heterocycles. The fourth-order valence-electron chi connectivity index (χ4n) is 3.03. The predicted molar refractivity (Wildman–Crippen MR) is 124 cm³/mol. The fraction of sp³-hybridized carbons (Fsp3) is 0.435. The summed E-state index contributed by atoms with van der Waals surface area (Å²) >= 11 is 6.08. The molecule has 0 aliphatic heterocycles. The van der Waals surface area contributed by atoms with Crippen LogP contribution in [0.5, 0.6) is 5.75 Å². The molecule has 8 heteroatoms. The van der Waals surface area contributed by atoms with Gasteiger partial charge in [0, 0.05) is 18.6 Å². The zero-order chi connectivity index (χ0) is 23.4. The number of carbonyl (C=O) groups is 1. The second kappa shape index (κ2) is 9.92. The standard InChI is InChI=1S/C23H31ClN2O4S/c1-16(2)14-26(22(27)25-23(4,5)6)15-18-10-12-19(13-11-18)30-31(28,29)21-17(3)8-7-9-20(21)24/h7-13,16H,14-15H2,1-6H3,(H,25,27). The van der Waals surface area contributed by atoms with Crippen molar-refractivity contribution in [2.75, 3.05) is 6.54 Å². The van der Waals surface area contributed by atoms with Crippen LogP contribution in [0.1, 0.15) is 45.7 Å². The van der Waals surface area contributed by atoms with Gasteiger partial charge in [-0.2, -0.15) is 8.42 Å². The quantitative estimate of drug-likeness (QED) is 0.555. The van der Waals surface area contributed by atoms with Crippen LogP contribution in [0.2, 0.25) is 5.02 Å². The highest BCUT2D eigenvalue weighted by Crippen LogP contribution is 2.28. The van der Waals surface area contributed by atoms with E-state index in [9.17, 15) is 13.2 Å². The zero-order valence-corrected chi connectivity index (χ0v) is 20.5. The summed E-state index contributed by atoms with van der Waals surface area (Å²) < 4.78 is 30.6. The second-order valence-corrected chi connectivity index (χ2v) is 10.9. The van der Waals surface area contributed by atoms with E-state index >= 15 is 0 Å². The third-order valence-corrected chi connectivity index (χ3v) is 6.15. The molecule has 6 nitrogen and oxygen atoms in total. The summed E-state index contributed by atoms with van der Waals surface area (Å²) in [4.78, 5) is 14.4. The molecule has 0 spiro atoms. The monoisotopic (exact) mass is 466 g/mol. The second-order valence-electron chi connectivity index (χ2n) is 9.02. The largest absolute Gasteiger partial charge is 0.379 e. The third-order valence-electron chi connectivity index (χ3n) is 4.27. The van der Waals surface area contributed by atoms with Gasteiger partial charge in [0.25, 0.3) is 0 Å². The van der Waals surface area contributed by atoms with E-state index in [0.717, 1.165) is 5.56 Å². The SMILES string of the molecule is Cc1cccc(Cl)c1S(=O)(=O)Oc1ccc(CN(CC(C)C)C(=O)NC(C)(C)C)cc1. The molecule has 0 aromatic heterocycles. The lowest BCUT2D eigenvalue weighted by Gasteiger charge is -2.29. The number of nitrogens with zero attached hydrogens (tertiary/aromatic N) is 1. The molecule has 0 atom stereocenters. The topological polar surface area (TPSA) is 75.7 Å². The predicted octanol–water partition coefficient (Wildman–Crippen LogP) is 5.38. The molecular weight excluding hydrogens is 436 g/mol. The van der Waals surface area contributed by atoms with E-state index in [4.69, 9.17) is 15.8 Å². The van der Waals surface area contributed by atoms with E-state index < -0.39 is 10.1 Å². The highest BCUT2D eigenvalue weighted by molar-refractivity contribution is 7.87. The number of nitrogens with one attached hydrogen (secondary N) is 1. The van der Waals surface area contributed by atoms with Crippen molar-refractivity contribution < 1.29 is 17.4 Å². The first kappa shape index (κ1) is 25.0. The van der Waals surface area contributed by atoms with Crippen molar-refractivity contribution in [1.29, 1.82) is 0 Å². The highest BCUT2D eigenvalue weighted by Gasteiger charge is 2.23. The van der Waals surface area contributed by atoms with Gasteiger partial charge in [-0.3, -0.25) is 0 Å². The number of benzene rings is 2. The van der Waals surface area contributed by atoms with Gasteiger partial charge in [0.1, 0.15) is 10.6 Å². The molecule has 0 radical (unpaired) electrons. The maximum atomic E-state index is 12.7. The maximum absolute atomic E-state index is 12.7. The molecule has 31 heavy (non-hydrogen) atoms. The highest BCUT2D eigenvalue weighted by atomic mass is 35.5. The lowest BCUT2D eigenvalue weighted by molar-refractivity contribution is 0.179. The van der Waals surface area contributed by atoms with Crippen LogP contribution in [0.25, 0.3) is 0 Å². The summed E-state index contributed by atoms with van der Waals surface area (Å²) in [6.07, 6.45) is 0. The van der Waals surface area contributed by atoms with Gasteiger partial charge in [-0.05, 0) is 62.9 Å². The molecule has 0 aliphatic carbocycles. The molecule has 2 rings (SSSR count). The number of urea groups is 1. The van der Waals surface area contributed by atoms with Gasteiger partial charge in [-0.15, -0.1) is 0 Å². The molecule has 0 unspecified atom stereocenters. The Bertz CT molecular complexity index is 993. The smallest absolute Gasteiger partial charge is 0.340 e. The van der Waals surface area contributed by atoms with Crippen molar-refractivity contribution in [1.82, 2.24) is 10.2 Å². The molecule has 0 aliphatic rings. The number of carbonyl (C=O) groups excluding carboxylic acids is 1.